The van der Waals surface area contributed by atoms with Crippen LogP contribution in [-0.4, -0.2) is 25.5 Å². The van der Waals surface area contributed by atoms with Crippen molar-refractivity contribution >= 4 is 9.84 Å². The van der Waals surface area contributed by atoms with Crippen LogP contribution in [0.15, 0.2) is 18.2 Å². The Labute approximate surface area is 105 Å². The fraction of sp³-hybridized carbons (Fsp3) is 0.500. The summed E-state index contributed by atoms with van der Waals surface area (Å²) in [5, 5.41) is 3.05. The quantitative estimate of drug-likeness (QED) is 0.850. The number of benzene rings is 1. The maximum Gasteiger partial charge on any atom is 0.153 e. The van der Waals surface area contributed by atoms with Gasteiger partial charge in [-0.15, -0.1) is 0 Å². The summed E-state index contributed by atoms with van der Waals surface area (Å²) >= 11 is 0. The van der Waals surface area contributed by atoms with Crippen LogP contribution in [0.5, 0.6) is 0 Å². The molecular weight excluding hydrogens is 260 g/mol. The van der Waals surface area contributed by atoms with Crippen molar-refractivity contribution in [2.75, 3.05) is 11.5 Å². The molecule has 1 aromatic carbocycles. The SMILES string of the molecule is CC1(C)CS(=O)(=O)CC(c2cc(F)ccc2F)N1. The Balaban J connectivity index is 2.41. The Kier molecular flexibility index (Phi) is 3.19. The maximum absolute atomic E-state index is 13.7. The summed E-state index contributed by atoms with van der Waals surface area (Å²) < 4.78 is 50.4. The highest BCUT2D eigenvalue weighted by Gasteiger charge is 2.37. The van der Waals surface area contributed by atoms with Crippen LogP contribution < -0.4 is 5.32 Å². The second kappa shape index (κ2) is 4.28. The Morgan fingerprint density at radius 1 is 1.33 bits per heavy atom. The van der Waals surface area contributed by atoms with Crippen molar-refractivity contribution in [2.45, 2.75) is 25.4 Å². The van der Waals surface area contributed by atoms with Crippen molar-refractivity contribution in [2.24, 2.45) is 0 Å². The van der Waals surface area contributed by atoms with Gasteiger partial charge in [-0.25, -0.2) is 17.2 Å². The zero-order chi connectivity index (χ0) is 13.6. The molecule has 0 aliphatic carbocycles. The van der Waals surface area contributed by atoms with Gasteiger partial charge in [0, 0.05) is 17.1 Å². The van der Waals surface area contributed by atoms with E-state index in [1.54, 1.807) is 13.8 Å². The Morgan fingerprint density at radius 2 is 2.00 bits per heavy atom. The molecular formula is C12H15F2NO2S. The lowest BCUT2D eigenvalue weighted by Crippen LogP contribution is -2.54. The average Bonchev–Trinajstić information content (AvgIpc) is 2.17. The van der Waals surface area contributed by atoms with Crippen LogP contribution in [0, 0.1) is 11.6 Å². The Hall–Kier alpha value is -1.01. The molecule has 1 fully saturated rings. The number of hydrogen-bond donors (Lipinski definition) is 1. The van der Waals surface area contributed by atoms with Crippen LogP contribution >= 0.6 is 0 Å². The fourth-order valence-corrected chi connectivity index (χ4v) is 4.44. The first-order chi connectivity index (χ1) is 8.19. The highest BCUT2D eigenvalue weighted by atomic mass is 32.2. The normalized spacial score (nSPS) is 25.9. The van der Waals surface area contributed by atoms with Gasteiger partial charge < -0.3 is 5.32 Å². The van der Waals surface area contributed by atoms with Crippen molar-refractivity contribution in [3.63, 3.8) is 0 Å². The molecule has 0 aromatic heterocycles. The molecule has 0 bridgehead atoms. The van der Waals surface area contributed by atoms with Gasteiger partial charge in [0.05, 0.1) is 11.5 Å². The molecule has 1 aliphatic heterocycles. The summed E-state index contributed by atoms with van der Waals surface area (Å²) in [4.78, 5) is 0. The lowest BCUT2D eigenvalue weighted by Gasteiger charge is -2.37. The van der Waals surface area contributed by atoms with E-state index in [0.717, 1.165) is 18.2 Å². The first-order valence-electron chi connectivity index (χ1n) is 5.62. The lowest BCUT2D eigenvalue weighted by atomic mass is 10.0. The molecule has 6 heteroatoms. The third-order valence-corrected chi connectivity index (χ3v) is 4.90. The van der Waals surface area contributed by atoms with Gasteiger partial charge in [-0.05, 0) is 32.0 Å². The Morgan fingerprint density at radius 3 is 2.61 bits per heavy atom. The van der Waals surface area contributed by atoms with Crippen LogP contribution in [0.25, 0.3) is 0 Å². The van der Waals surface area contributed by atoms with Crippen LogP contribution in [0.3, 0.4) is 0 Å². The van der Waals surface area contributed by atoms with Gasteiger partial charge in [-0.3, -0.25) is 0 Å². The van der Waals surface area contributed by atoms with E-state index in [1.165, 1.54) is 0 Å². The van der Waals surface area contributed by atoms with E-state index in [2.05, 4.69) is 5.32 Å². The minimum atomic E-state index is -3.27. The minimum absolute atomic E-state index is 0.00651. The predicted molar refractivity (Wildman–Crippen MR) is 65.0 cm³/mol. The van der Waals surface area contributed by atoms with Gasteiger partial charge >= 0.3 is 0 Å². The summed E-state index contributed by atoms with van der Waals surface area (Å²) in [7, 11) is -3.27. The summed E-state index contributed by atoms with van der Waals surface area (Å²) in [5.74, 6) is -1.39. The number of rotatable bonds is 1. The van der Waals surface area contributed by atoms with Crippen LogP contribution in [0.4, 0.5) is 8.78 Å². The molecule has 1 aromatic rings. The van der Waals surface area contributed by atoms with Crippen molar-refractivity contribution in [3.05, 3.63) is 35.4 Å². The lowest BCUT2D eigenvalue weighted by molar-refractivity contribution is 0.353. The van der Waals surface area contributed by atoms with E-state index in [4.69, 9.17) is 0 Å². The van der Waals surface area contributed by atoms with E-state index < -0.39 is 33.1 Å². The number of hydrogen-bond acceptors (Lipinski definition) is 3. The molecule has 2 rings (SSSR count). The second-order valence-corrected chi connectivity index (χ2v) is 7.41. The Bertz CT molecular complexity index is 569. The zero-order valence-electron chi connectivity index (χ0n) is 10.2. The number of sulfone groups is 1. The predicted octanol–water partition coefficient (Wildman–Crippen LogP) is 1.80. The van der Waals surface area contributed by atoms with E-state index in [9.17, 15) is 17.2 Å². The summed E-state index contributed by atoms with van der Waals surface area (Å²) in [5.41, 5.74) is -0.591. The van der Waals surface area contributed by atoms with Gasteiger partial charge in [0.15, 0.2) is 9.84 Å². The van der Waals surface area contributed by atoms with E-state index in [0.29, 0.717) is 0 Å². The van der Waals surface area contributed by atoms with Gasteiger partial charge in [-0.1, -0.05) is 0 Å². The van der Waals surface area contributed by atoms with Crippen molar-refractivity contribution in [1.29, 1.82) is 0 Å². The van der Waals surface area contributed by atoms with Crippen LogP contribution in [-0.2, 0) is 9.84 Å². The topological polar surface area (TPSA) is 46.2 Å². The molecule has 1 aliphatic rings. The van der Waals surface area contributed by atoms with Crippen molar-refractivity contribution in [1.82, 2.24) is 5.32 Å². The third-order valence-electron chi connectivity index (χ3n) is 2.90. The molecule has 1 N–H and O–H groups in total. The van der Waals surface area contributed by atoms with Crippen LogP contribution in [0.1, 0.15) is 25.5 Å². The molecule has 0 spiro atoms. The fourth-order valence-electron chi connectivity index (χ4n) is 2.37. The average molecular weight is 275 g/mol. The number of nitrogens with one attached hydrogen (secondary N) is 1. The van der Waals surface area contributed by atoms with E-state index in [-0.39, 0.29) is 17.1 Å². The van der Waals surface area contributed by atoms with Crippen molar-refractivity contribution in [3.8, 4) is 0 Å². The second-order valence-electron chi connectivity index (χ2n) is 5.30. The molecule has 3 nitrogen and oxygen atoms in total. The number of halogens is 2. The van der Waals surface area contributed by atoms with Gasteiger partial charge in [0.1, 0.15) is 11.6 Å². The van der Waals surface area contributed by atoms with Crippen molar-refractivity contribution < 1.29 is 17.2 Å². The molecule has 1 atom stereocenters. The molecule has 0 radical (unpaired) electrons. The largest absolute Gasteiger partial charge is 0.303 e. The van der Waals surface area contributed by atoms with E-state index in [1.807, 2.05) is 0 Å². The molecule has 1 heterocycles. The summed E-state index contributed by atoms with van der Waals surface area (Å²) in [6.45, 7) is 3.46. The monoisotopic (exact) mass is 275 g/mol. The highest BCUT2D eigenvalue weighted by molar-refractivity contribution is 7.91. The standard InChI is InChI=1S/C12H15F2NO2S/c1-12(2)7-18(16,17)6-11(15-12)9-5-8(13)3-4-10(9)14/h3-5,11,15H,6-7H2,1-2H3. The maximum atomic E-state index is 13.7. The van der Waals surface area contributed by atoms with Gasteiger partial charge in [-0.2, -0.15) is 0 Å². The third kappa shape index (κ3) is 2.87. The molecule has 0 saturated carbocycles. The molecule has 100 valence electrons. The smallest absolute Gasteiger partial charge is 0.153 e. The summed E-state index contributed by atoms with van der Waals surface area (Å²) in [6, 6.07) is 2.36. The highest BCUT2D eigenvalue weighted by Crippen LogP contribution is 2.27. The van der Waals surface area contributed by atoms with Crippen LogP contribution in [0.2, 0.25) is 0 Å². The molecule has 0 amide bonds. The van der Waals surface area contributed by atoms with Gasteiger partial charge in [0.25, 0.3) is 0 Å². The molecule has 1 unspecified atom stereocenters. The first-order valence-corrected chi connectivity index (χ1v) is 7.44. The first kappa shape index (κ1) is 13.4. The minimum Gasteiger partial charge on any atom is -0.303 e. The molecule has 1 saturated heterocycles. The van der Waals surface area contributed by atoms with E-state index >= 15 is 0 Å². The molecule has 18 heavy (non-hydrogen) atoms. The van der Waals surface area contributed by atoms with Gasteiger partial charge in [0.2, 0.25) is 0 Å². The zero-order valence-corrected chi connectivity index (χ0v) is 11.0. The summed E-state index contributed by atoms with van der Waals surface area (Å²) in [6.07, 6.45) is 0.